The number of piperazine rings is 1. The summed E-state index contributed by atoms with van der Waals surface area (Å²) in [4.78, 5) is 43.4. The summed E-state index contributed by atoms with van der Waals surface area (Å²) in [7, 11) is 2.08. The first-order valence-corrected chi connectivity index (χ1v) is 10.7. The molecule has 3 amide bonds. The van der Waals surface area contributed by atoms with E-state index in [1.54, 1.807) is 4.90 Å². The van der Waals surface area contributed by atoms with Gasteiger partial charge in [0, 0.05) is 50.7 Å². The van der Waals surface area contributed by atoms with Crippen molar-refractivity contribution in [3.8, 4) is 0 Å². The summed E-state index contributed by atoms with van der Waals surface area (Å²) < 4.78 is 13.2. The second kappa shape index (κ2) is 8.34. The van der Waals surface area contributed by atoms with Crippen LogP contribution >= 0.6 is 0 Å². The molecule has 0 aromatic heterocycles. The standard InChI is InChI=1S/C22H29FN4O3/c1-25-9-11-27(12-10-25)21(30)18-14-22(18)5-7-26(8-6-22)19(28)15-24-20(29)16-3-2-4-17(23)13-16/h2-4,13,18H,5-12,14-15H2,1H3,(H,24,29)/t18-/m0/s1. The number of halogens is 1. The summed E-state index contributed by atoms with van der Waals surface area (Å²) in [6, 6.07) is 5.39. The van der Waals surface area contributed by atoms with Crippen molar-refractivity contribution < 1.29 is 18.8 Å². The van der Waals surface area contributed by atoms with Gasteiger partial charge in [-0.05, 0) is 49.9 Å². The maximum Gasteiger partial charge on any atom is 0.251 e. The highest BCUT2D eigenvalue weighted by Gasteiger charge is 2.59. The lowest BCUT2D eigenvalue weighted by molar-refractivity contribution is -0.135. The van der Waals surface area contributed by atoms with Gasteiger partial charge in [0.15, 0.2) is 0 Å². The van der Waals surface area contributed by atoms with Gasteiger partial charge in [0.2, 0.25) is 11.8 Å². The Morgan fingerprint density at radius 1 is 1.07 bits per heavy atom. The number of amides is 3. The van der Waals surface area contributed by atoms with E-state index >= 15 is 0 Å². The van der Waals surface area contributed by atoms with Gasteiger partial charge in [0.05, 0.1) is 6.54 Å². The van der Waals surface area contributed by atoms with Crippen LogP contribution in [0.25, 0.3) is 0 Å². The zero-order valence-corrected chi connectivity index (χ0v) is 17.4. The minimum atomic E-state index is -0.486. The van der Waals surface area contributed by atoms with E-state index in [2.05, 4.69) is 17.3 Å². The van der Waals surface area contributed by atoms with E-state index in [0.717, 1.165) is 51.5 Å². The largest absolute Gasteiger partial charge is 0.343 e. The monoisotopic (exact) mass is 416 g/mol. The molecule has 1 atom stereocenters. The van der Waals surface area contributed by atoms with E-state index in [0.29, 0.717) is 13.1 Å². The van der Waals surface area contributed by atoms with Gasteiger partial charge < -0.3 is 20.0 Å². The molecule has 3 fully saturated rings. The molecule has 4 rings (SSSR count). The third-order valence-electron chi connectivity index (χ3n) is 6.90. The molecule has 0 radical (unpaired) electrons. The Balaban J connectivity index is 1.22. The average Bonchev–Trinajstić information content (AvgIpc) is 3.45. The number of hydrogen-bond acceptors (Lipinski definition) is 4. The highest BCUT2D eigenvalue weighted by Crippen LogP contribution is 2.60. The van der Waals surface area contributed by atoms with Crippen LogP contribution in [0.15, 0.2) is 24.3 Å². The van der Waals surface area contributed by atoms with Crippen LogP contribution in [0.3, 0.4) is 0 Å². The Kier molecular flexibility index (Phi) is 5.77. The average molecular weight is 416 g/mol. The number of rotatable bonds is 4. The molecule has 0 unspecified atom stereocenters. The van der Waals surface area contributed by atoms with Crippen molar-refractivity contribution in [2.24, 2.45) is 11.3 Å². The fourth-order valence-corrected chi connectivity index (χ4v) is 4.70. The molecular formula is C22H29FN4O3. The van der Waals surface area contributed by atoms with Crippen LogP contribution in [0.2, 0.25) is 0 Å². The van der Waals surface area contributed by atoms with Crippen LogP contribution in [0.5, 0.6) is 0 Å². The van der Waals surface area contributed by atoms with E-state index in [1.807, 2.05) is 4.90 Å². The maximum atomic E-state index is 13.2. The van der Waals surface area contributed by atoms with Crippen molar-refractivity contribution in [2.75, 3.05) is 52.9 Å². The molecule has 2 heterocycles. The fraction of sp³-hybridized carbons (Fsp3) is 0.591. The van der Waals surface area contributed by atoms with Gasteiger partial charge in [-0.25, -0.2) is 4.39 Å². The third kappa shape index (κ3) is 4.33. The Morgan fingerprint density at radius 2 is 1.77 bits per heavy atom. The smallest absolute Gasteiger partial charge is 0.251 e. The van der Waals surface area contributed by atoms with Crippen LogP contribution in [0.1, 0.15) is 29.6 Å². The van der Waals surface area contributed by atoms with Gasteiger partial charge in [-0.1, -0.05) is 6.07 Å². The molecule has 1 saturated carbocycles. The highest BCUT2D eigenvalue weighted by molar-refractivity contribution is 5.96. The second-order valence-electron chi connectivity index (χ2n) is 8.82. The Hall–Kier alpha value is -2.48. The Labute approximate surface area is 176 Å². The maximum absolute atomic E-state index is 13.2. The quantitative estimate of drug-likeness (QED) is 0.794. The van der Waals surface area contributed by atoms with Crippen LogP contribution < -0.4 is 5.32 Å². The number of benzene rings is 1. The first-order valence-electron chi connectivity index (χ1n) is 10.7. The predicted octanol–water partition coefficient (Wildman–Crippen LogP) is 0.958. The summed E-state index contributed by atoms with van der Waals surface area (Å²) in [5, 5.41) is 2.57. The molecule has 1 aliphatic carbocycles. The van der Waals surface area contributed by atoms with Gasteiger partial charge in [0.1, 0.15) is 5.82 Å². The summed E-state index contributed by atoms with van der Waals surface area (Å²) in [5.41, 5.74) is 0.255. The SMILES string of the molecule is CN1CCN(C(=O)[C@@H]2CC23CCN(C(=O)CNC(=O)c2cccc(F)c2)CC3)CC1. The Bertz CT molecular complexity index is 829. The molecule has 1 aromatic rings. The molecule has 30 heavy (non-hydrogen) atoms. The zero-order valence-electron chi connectivity index (χ0n) is 17.4. The van der Waals surface area contributed by atoms with Crippen molar-refractivity contribution in [2.45, 2.75) is 19.3 Å². The number of hydrogen-bond donors (Lipinski definition) is 1. The number of nitrogens with zero attached hydrogens (tertiary/aromatic N) is 3. The first-order chi connectivity index (χ1) is 14.4. The van der Waals surface area contributed by atoms with Gasteiger partial charge in [0.25, 0.3) is 5.91 Å². The number of likely N-dealkylation sites (tertiary alicyclic amines) is 1. The normalized spacial score (nSPS) is 23.3. The number of carbonyl (C=O) groups excluding carboxylic acids is 3. The van der Waals surface area contributed by atoms with Crippen LogP contribution in [-0.4, -0.2) is 85.3 Å². The van der Waals surface area contributed by atoms with Crippen molar-refractivity contribution in [1.29, 1.82) is 0 Å². The lowest BCUT2D eigenvalue weighted by Crippen LogP contribution is -2.49. The van der Waals surface area contributed by atoms with E-state index in [1.165, 1.54) is 18.2 Å². The highest BCUT2D eigenvalue weighted by atomic mass is 19.1. The topological polar surface area (TPSA) is 73.0 Å². The van der Waals surface area contributed by atoms with Crippen molar-refractivity contribution in [3.05, 3.63) is 35.6 Å². The molecule has 0 bridgehead atoms. The number of likely N-dealkylation sites (N-methyl/N-ethyl adjacent to an activating group) is 1. The van der Waals surface area contributed by atoms with Crippen LogP contribution in [-0.2, 0) is 9.59 Å². The van der Waals surface area contributed by atoms with Gasteiger partial charge in [-0.2, -0.15) is 0 Å². The molecule has 1 spiro atoms. The molecule has 162 valence electrons. The third-order valence-corrected chi connectivity index (χ3v) is 6.90. The number of carbonyl (C=O) groups is 3. The minimum Gasteiger partial charge on any atom is -0.343 e. The molecule has 1 aromatic carbocycles. The van der Waals surface area contributed by atoms with Crippen molar-refractivity contribution in [3.63, 3.8) is 0 Å². The minimum absolute atomic E-state index is 0.0576. The van der Waals surface area contributed by atoms with E-state index in [-0.39, 0.29) is 35.3 Å². The van der Waals surface area contributed by atoms with Crippen LogP contribution in [0, 0.1) is 17.2 Å². The van der Waals surface area contributed by atoms with Gasteiger partial charge >= 0.3 is 0 Å². The molecular weight excluding hydrogens is 387 g/mol. The first kappa shape index (κ1) is 20.8. The fourth-order valence-electron chi connectivity index (χ4n) is 4.70. The molecule has 2 aliphatic heterocycles. The lowest BCUT2D eigenvalue weighted by Gasteiger charge is -2.35. The predicted molar refractivity (Wildman–Crippen MR) is 109 cm³/mol. The summed E-state index contributed by atoms with van der Waals surface area (Å²) in [6.45, 7) is 4.58. The van der Waals surface area contributed by atoms with E-state index in [4.69, 9.17) is 0 Å². The molecule has 1 N–H and O–H groups in total. The summed E-state index contributed by atoms with van der Waals surface area (Å²) >= 11 is 0. The molecule has 3 aliphatic rings. The summed E-state index contributed by atoms with van der Waals surface area (Å²) in [5.74, 6) is -0.704. The molecule has 2 saturated heterocycles. The van der Waals surface area contributed by atoms with Gasteiger partial charge in [-0.3, -0.25) is 14.4 Å². The number of piperidine rings is 1. The number of nitrogens with one attached hydrogen (secondary N) is 1. The van der Waals surface area contributed by atoms with Crippen molar-refractivity contribution in [1.82, 2.24) is 20.0 Å². The van der Waals surface area contributed by atoms with E-state index < -0.39 is 11.7 Å². The Morgan fingerprint density at radius 3 is 2.43 bits per heavy atom. The van der Waals surface area contributed by atoms with Gasteiger partial charge in [-0.15, -0.1) is 0 Å². The molecule has 8 heteroatoms. The summed E-state index contributed by atoms with van der Waals surface area (Å²) in [6.07, 6.45) is 2.60. The van der Waals surface area contributed by atoms with Crippen LogP contribution in [0.4, 0.5) is 4.39 Å². The van der Waals surface area contributed by atoms with E-state index in [9.17, 15) is 18.8 Å². The van der Waals surface area contributed by atoms with Crippen molar-refractivity contribution >= 4 is 17.7 Å². The molecule has 7 nitrogen and oxygen atoms in total. The second-order valence-corrected chi connectivity index (χ2v) is 8.82. The lowest BCUT2D eigenvalue weighted by atomic mass is 9.90. The zero-order chi connectivity index (χ0) is 21.3.